The molecule has 0 atom stereocenters. The average Bonchev–Trinajstić information content (AvgIpc) is 2.31. The van der Waals surface area contributed by atoms with Gasteiger partial charge in [-0.15, -0.1) is 0 Å². The van der Waals surface area contributed by atoms with E-state index in [2.05, 4.69) is 31.9 Å². The quantitative estimate of drug-likeness (QED) is 0.588. The number of aryl methyl sites for hydroxylation is 2. The highest BCUT2D eigenvalue weighted by atomic mass is 79.9. The maximum Gasteiger partial charge on any atom is 0.194 e. The van der Waals surface area contributed by atoms with Gasteiger partial charge in [-0.1, -0.05) is 43.5 Å². The maximum absolute atomic E-state index is 12.5. The minimum absolute atomic E-state index is 0.0740. The standard InChI is InChI=1S/C15H11Br2ClO/c1-8-3-13(14(18)4-9(8)2)15(19)10-5-11(16)7-12(17)6-10/h3-7H,1-2H3. The Labute approximate surface area is 134 Å². The van der Waals surface area contributed by atoms with Crippen LogP contribution in [0, 0.1) is 13.8 Å². The van der Waals surface area contributed by atoms with Crippen molar-refractivity contribution in [2.45, 2.75) is 13.8 Å². The fourth-order valence-electron chi connectivity index (χ4n) is 1.80. The van der Waals surface area contributed by atoms with E-state index in [9.17, 15) is 4.79 Å². The van der Waals surface area contributed by atoms with Crippen LogP contribution in [0.2, 0.25) is 5.02 Å². The monoisotopic (exact) mass is 400 g/mol. The molecule has 0 aromatic heterocycles. The third kappa shape index (κ3) is 3.28. The molecule has 0 aliphatic carbocycles. The summed E-state index contributed by atoms with van der Waals surface area (Å²) in [5, 5.41) is 0.490. The van der Waals surface area contributed by atoms with Crippen LogP contribution in [-0.4, -0.2) is 5.78 Å². The second-order valence-corrected chi connectivity index (χ2v) is 6.64. The number of benzene rings is 2. The Morgan fingerprint density at radius 2 is 1.47 bits per heavy atom. The van der Waals surface area contributed by atoms with E-state index in [4.69, 9.17) is 11.6 Å². The summed E-state index contributed by atoms with van der Waals surface area (Å²) < 4.78 is 1.70. The molecule has 2 aromatic rings. The van der Waals surface area contributed by atoms with Gasteiger partial charge >= 0.3 is 0 Å². The predicted molar refractivity (Wildman–Crippen MR) is 86.2 cm³/mol. The third-order valence-electron chi connectivity index (χ3n) is 2.95. The fraction of sp³-hybridized carbons (Fsp3) is 0.133. The molecule has 4 heteroatoms. The highest BCUT2D eigenvalue weighted by Gasteiger charge is 2.15. The van der Waals surface area contributed by atoms with Crippen molar-refractivity contribution in [3.63, 3.8) is 0 Å². The Morgan fingerprint density at radius 1 is 0.947 bits per heavy atom. The first-order valence-electron chi connectivity index (χ1n) is 5.66. The number of carbonyl (C=O) groups excluding carboxylic acids is 1. The normalized spacial score (nSPS) is 10.6. The maximum atomic E-state index is 12.5. The molecular formula is C15H11Br2ClO. The van der Waals surface area contributed by atoms with Gasteiger partial charge in [0.15, 0.2) is 5.78 Å². The van der Waals surface area contributed by atoms with Crippen LogP contribution in [-0.2, 0) is 0 Å². The molecule has 1 nitrogen and oxygen atoms in total. The summed E-state index contributed by atoms with van der Waals surface area (Å²) in [4.78, 5) is 12.5. The molecule has 0 aliphatic heterocycles. The zero-order valence-corrected chi connectivity index (χ0v) is 14.4. The third-order valence-corrected chi connectivity index (χ3v) is 4.18. The first-order valence-corrected chi connectivity index (χ1v) is 7.62. The zero-order valence-electron chi connectivity index (χ0n) is 10.4. The summed E-state index contributed by atoms with van der Waals surface area (Å²) in [6.07, 6.45) is 0. The van der Waals surface area contributed by atoms with Gasteiger partial charge in [0, 0.05) is 20.1 Å². The van der Waals surface area contributed by atoms with Crippen LogP contribution in [0.15, 0.2) is 39.3 Å². The van der Waals surface area contributed by atoms with Crippen molar-refractivity contribution < 1.29 is 4.79 Å². The molecule has 98 valence electrons. The number of rotatable bonds is 2. The first-order chi connectivity index (χ1) is 8.88. The van der Waals surface area contributed by atoms with E-state index in [0.29, 0.717) is 16.1 Å². The molecule has 0 saturated heterocycles. The number of halogens is 3. The minimum atomic E-state index is -0.0740. The molecule has 2 aromatic carbocycles. The SMILES string of the molecule is Cc1cc(Cl)c(C(=O)c2cc(Br)cc(Br)c2)cc1C. The van der Waals surface area contributed by atoms with E-state index in [1.165, 1.54) is 0 Å². The van der Waals surface area contributed by atoms with E-state index >= 15 is 0 Å². The van der Waals surface area contributed by atoms with Crippen molar-refractivity contribution in [2.24, 2.45) is 0 Å². The molecular weight excluding hydrogens is 391 g/mol. The fourth-order valence-corrected chi connectivity index (χ4v) is 3.39. The Kier molecular flexibility index (Phi) is 4.49. The molecule has 0 fully saturated rings. The van der Waals surface area contributed by atoms with Gasteiger partial charge in [-0.25, -0.2) is 0 Å². The van der Waals surface area contributed by atoms with Crippen molar-refractivity contribution in [3.8, 4) is 0 Å². The molecule has 0 aliphatic rings. The van der Waals surface area contributed by atoms with Crippen LogP contribution in [0.3, 0.4) is 0 Å². The second kappa shape index (κ2) is 5.78. The molecule has 0 amide bonds. The van der Waals surface area contributed by atoms with E-state index in [1.807, 2.05) is 32.0 Å². The lowest BCUT2D eigenvalue weighted by molar-refractivity contribution is 0.103. The molecule has 0 heterocycles. The second-order valence-electron chi connectivity index (χ2n) is 4.40. The molecule has 0 unspecified atom stereocenters. The van der Waals surface area contributed by atoms with E-state index < -0.39 is 0 Å². The lowest BCUT2D eigenvalue weighted by atomic mass is 9.99. The highest BCUT2D eigenvalue weighted by Crippen LogP contribution is 2.26. The van der Waals surface area contributed by atoms with Gasteiger partial charge in [-0.05, 0) is 55.3 Å². The Bertz CT molecular complexity index is 645. The Balaban J connectivity index is 2.53. The lowest BCUT2D eigenvalue weighted by Gasteiger charge is -2.08. The van der Waals surface area contributed by atoms with Crippen molar-refractivity contribution >= 4 is 49.2 Å². The van der Waals surface area contributed by atoms with Crippen LogP contribution in [0.25, 0.3) is 0 Å². The lowest BCUT2D eigenvalue weighted by Crippen LogP contribution is -2.03. The molecule has 0 bridgehead atoms. The summed E-state index contributed by atoms with van der Waals surface area (Å²) >= 11 is 12.9. The van der Waals surface area contributed by atoms with E-state index in [0.717, 1.165) is 20.1 Å². The van der Waals surface area contributed by atoms with Crippen LogP contribution >= 0.6 is 43.5 Å². The molecule has 0 radical (unpaired) electrons. The summed E-state index contributed by atoms with van der Waals surface area (Å²) in [5.41, 5.74) is 3.28. The van der Waals surface area contributed by atoms with Crippen molar-refractivity contribution in [1.82, 2.24) is 0 Å². The van der Waals surface area contributed by atoms with E-state index in [-0.39, 0.29) is 5.78 Å². The molecule has 0 N–H and O–H groups in total. The molecule has 2 rings (SSSR count). The number of hydrogen-bond acceptors (Lipinski definition) is 1. The smallest absolute Gasteiger partial charge is 0.194 e. The van der Waals surface area contributed by atoms with E-state index in [1.54, 1.807) is 12.1 Å². The Hall–Kier alpha value is -0.640. The first kappa shape index (κ1) is 14.8. The average molecular weight is 403 g/mol. The molecule has 0 spiro atoms. The zero-order chi connectivity index (χ0) is 14.2. The topological polar surface area (TPSA) is 17.1 Å². The van der Waals surface area contributed by atoms with Gasteiger partial charge in [0.25, 0.3) is 0 Å². The number of hydrogen-bond donors (Lipinski definition) is 0. The van der Waals surface area contributed by atoms with Gasteiger partial charge in [-0.3, -0.25) is 4.79 Å². The number of ketones is 1. The van der Waals surface area contributed by atoms with Crippen molar-refractivity contribution in [3.05, 3.63) is 66.6 Å². The summed E-state index contributed by atoms with van der Waals surface area (Å²) in [7, 11) is 0. The summed E-state index contributed by atoms with van der Waals surface area (Å²) in [5.74, 6) is -0.0740. The largest absolute Gasteiger partial charge is 0.289 e. The molecule has 19 heavy (non-hydrogen) atoms. The number of carbonyl (C=O) groups is 1. The summed E-state index contributed by atoms with van der Waals surface area (Å²) in [6.45, 7) is 3.95. The van der Waals surface area contributed by atoms with Crippen molar-refractivity contribution in [1.29, 1.82) is 0 Å². The van der Waals surface area contributed by atoms with Crippen LogP contribution in [0.4, 0.5) is 0 Å². The predicted octanol–water partition coefficient (Wildman–Crippen LogP) is 5.71. The minimum Gasteiger partial charge on any atom is -0.289 e. The van der Waals surface area contributed by atoms with Crippen molar-refractivity contribution in [2.75, 3.05) is 0 Å². The van der Waals surface area contributed by atoms with Gasteiger partial charge in [0.1, 0.15) is 0 Å². The van der Waals surface area contributed by atoms with Crippen LogP contribution in [0.5, 0.6) is 0 Å². The Morgan fingerprint density at radius 3 is 2.05 bits per heavy atom. The highest BCUT2D eigenvalue weighted by molar-refractivity contribution is 9.11. The van der Waals surface area contributed by atoms with Gasteiger partial charge in [0.2, 0.25) is 0 Å². The molecule has 0 saturated carbocycles. The van der Waals surface area contributed by atoms with Crippen LogP contribution < -0.4 is 0 Å². The van der Waals surface area contributed by atoms with Gasteiger partial charge < -0.3 is 0 Å². The summed E-state index contributed by atoms with van der Waals surface area (Å²) in [6, 6.07) is 9.14. The van der Waals surface area contributed by atoms with Gasteiger partial charge in [0.05, 0.1) is 5.02 Å². The van der Waals surface area contributed by atoms with Gasteiger partial charge in [-0.2, -0.15) is 0 Å². The van der Waals surface area contributed by atoms with Crippen LogP contribution in [0.1, 0.15) is 27.0 Å².